The molecule has 1 N–H and O–H groups in total. The number of aromatic nitrogens is 2. The molecule has 0 aliphatic carbocycles. The van der Waals surface area contributed by atoms with Gasteiger partial charge in [0.1, 0.15) is 10.5 Å². The third kappa shape index (κ3) is 3.54. The standard InChI is InChI=1S/C19H17N3O2S2/c1-11(2)18-22-15-7-13(3-4-16(15)24-18)20-17(23)8-14-10-26-19(21-14)12-5-6-25-9-12/h3-7,9-11H,8H2,1-2H3,(H,20,23). The molecule has 1 amide bonds. The van der Waals surface area contributed by atoms with Gasteiger partial charge in [0.2, 0.25) is 5.91 Å². The number of thiazole rings is 1. The van der Waals surface area contributed by atoms with Crippen LogP contribution in [0.1, 0.15) is 31.4 Å². The molecule has 132 valence electrons. The summed E-state index contributed by atoms with van der Waals surface area (Å²) in [5.74, 6) is 0.827. The molecule has 0 saturated carbocycles. The van der Waals surface area contributed by atoms with Crippen LogP contribution in [0.15, 0.2) is 44.8 Å². The average molecular weight is 383 g/mol. The van der Waals surface area contributed by atoms with Crippen LogP contribution in [0.5, 0.6) is 0 Å². The van der Waals surface area contributed by atoms with Gasteiger partial charge in [0.25, 0.3) is 0 Å². The van der Waals surface area contributed by atoms with Crippen molar-refractivity contribution < 1.29 is 9.21 Å². The van der Waals surface area contributed by atoms with Crippen molar-refractivity contribution in [3.05, 3.63) is 52.0 Å². The Morgan fingerprint density at radius 2 is 2.12 bits per heavy atom. The van der Waals surface area contributed by atoms with Crippen LogP contribution in [0, 0.1) is 0 Å². The molecule has 0 aliphatic heterocycles. The van der Waals surface area contributed by atoms with E-state index < -0.39 is 0 Å². The number of hydrogen-bond acceptors (Lipinski definition) is 6. The molecule has 26 heavy (non-hydrogen) atoms. The van der Waals surface area contributed by atoms with E-state index in [0.717, 1.165) is 27.4 Å². The molecule has 0 saturated heterocycles. The number of carbonyl (C=O) groups is 1. The monoisotopic (exact) mass is 383 g/mol. The van der Waals surface area contributed by atoms with E-state index in [2.05, 4.69) is 20.7 Å². The van der Waals surface area contributed by atoms with Gasteiger partial charge in [-0.15, -0.1) is 11.3 Å². The van der Waals surface area contributed by atoms with Gasteiger partial charge in [-0.3, -0.25) is 4.79 Å². The van der Waals surface area contributed by atoms with E-state index in [-0.39, 0.29) is 18.2 Å². The summed E-state index contributed by atoms with van der Waals surface area (Å²) in [7, 11) is 0. The second-order valence-electron chi connectivity index (χ2n) is 6.27. The van der Waals surface area contributed by atoms with Crippen LogP contribution in [-0.4, -0.2) is 15.9 Å². The van der Waals surface area contributed by atoms with Gasteiger partial charge in [-0.05, 0) is 29.6 Å². The third-order valence-corrected chi connectivity index (χ3v) is 5.47. The van der Waals surface area contributed by atoms with Gasteiger partial charge in [-0.25, -0.2) is 9.97 Å². The maximum Gasteiger partial charge on any atom is 0.230 e. The fraction of sp³-hybridized carbons (Fsp3) is 0.211. The van der Waals surface area contributed by atoms with E-state index in [9.17, 15) is 4.79 Å². The molecule has 7 heteroatoms. The first-order chi connectivity index (χ1) is 12.6. The Hall–Kier alpha value is -2.51. The second kappa shape index (κ2) is 7.01. The van der Waals surface area contributed by atoms with Crippen molar-refractivity contribution in [2.45, 2.75) is 26.2 Å². The lowest BCUT2D eigenvalue weighted by molar-refractivity contribution is -0.115. The molecule has 0 fully saturated rings. The summed E-state index contributed by atoms with van der Waals surface area (Å²) in [6.45, 7) is 4.07. The second-order valence-corrected chi connectivity index (χ2v) is 7.91. The highest BCUT2D eigenvalue weighted by Gasteiger charge is 2.12. The molecule has 3 heterocycles. The highest BCUT2D eigenvalue weighted by molar-refractivity contribution is 7.14. The SMILES string of the molecule is CC(C)c1nc2cc(NC(=O)Cc3csc(-c4ccsc4)n3)ccc2o1. The lowest BCUT2D eigenvalue weighted by Crippen LogP contribution is -2.14. The smallest absolute Gasteiger partial charge is 0.230 e. The molecular weight excluding hydrogens is 366 g/mol. The van der Waals surface area contributed by atoms with Gasteiger partial charge in [-0.1, -0.05) is 13.8 Å². The molecule has 5 nitrogen and oxygen atoms in total. The third-order valence-electron chi connectivity index (χ3n) is 3.84. The largest absolute Gasteiger partial charge is 0.440 e. The summed E-state index contributed by atoms with van der Waals surface area (Å²) in [6.07, 6.45) is 0.245. The van der Waals surface area contributed by atoms with Crippen molar-refractivity contribution in [1.29, 1.82) is 0 Å². The molecule has 0 aliphatic rings. The van der Waals surface area contributed by atoms with Crippen molar-refractivity contribution in [2.75, 3.05) is 5.32 Å². The van der Waals surface area contributed by atoms with Gasteiger partial charge < -0.3 is 9.73 Å². The topological polar surface area (TPSA) is 68.0 Å². The molecule has 3 aromatic heterocycles. The van der Waals surface area contributed by atoms with E-state index in [4.69, 9.17) is 4.42 Å². The zero-order valence-corrected chi connectivity index (χ0v) is 16.0. The molecule has 0 bridgehead atoms. The minimum atomic E-state index is -0.0981. The van der Waals surface area contributed by atoms with Gasteiger partial charge in [0.05, 0.1) is 12.1 Å². The minimum Gasteiger partial charge on any atom is -0.440 e. The number of hydrogen-bond donors (Lipinski definition) is 1. The molecule has 0 atom stereocenters. The Labute approximate surface area is 158 Å². The van der Waals surface area contributed by atoms with Crippen LogP contribution >= 0.6 is 22.7 Å². The Morgan fingerprint density at radius 1 is 1.23 bits per heavy atom. The summed E-state index contributed by atoms with van der Waals surface area (Å²) in [6, 6.07) is 7.53. The van der Waals surface area contributed by atoms with Crippen LogP contribution in [0.2, 0.25) is 0 Å². The lowest BCUT2D eigenvalue weighted by atomic mass is 10.2. The number of anilines is 1. The number of rotatable bonds is 5. The van der Waals surface area contributed by atoms with Crippen LogP contribution in [-0.2, 0) is 11.2 Å². The summed E-state index contributed by atoms with van der Waals surface area (Å²) in [4.78, 5) is 21.4. The first kappa shape index (κ1) is 16.9. The number of fused-ring (bicyclic) bond motifs is 1. The van der Waals surface area contributed by atoms with Crippen LogP contribution in [0.3, 0.4) is 0 Å². The Balaban J connectivity index is 1.45. The lowest BCUT2D eigenvalue weighted by Gasteiger charge is -2.03. The average Bonchev–Trinajstić information content (AvgIpc) is 3.34. The van der Waals surface area contributed by atoms with Crippen molar-refractivity contribution in [3.63, 3.8) is 0 Å². The van der Waals surface area contributed by atoms with E-state index >= 15 is 0 Å². The van der Waals surface area contributed by atoms with Crippen LogP contribution in [0.25, 0.3) is 21.7 Å². The fourth-order valence-corrected chi connectivity index (χ4v) is 4.08. The fourth-order valence-electron chi connectivity index (χ4n) is 2.55. The van der Waals surface area contributed by atoms with Gasteiger partial charge in [-0.2, -0.15) is 11.3 Å². The summed E-state index contributed by atoms with van der Waals surface area (Å²) < 4.78 is 5.69. The summed E-state index contributed by atoms with van der Waals surface area (Å²) in [5, 5.41) is 9.87. The number of nitrogens with one attached hydrogen (secondary N) is 1. The molecule has 0 unspecified atom stereocenters. The Morgan fingerprint density at radius 3 is 2.88 bits per heavy atom. The molecule has 0 radical (unpaired) electrons. The van der Waals surface area contributed by atoms with Gasteiger partial charge in [0, 0.05) is 27.9 Å². The minimum absolute atomic E-state index is 0.0981. The zero-order chi connectivity index (χ0) is 18.1. The molecular formula is C19H17N3O2S2. The van der Waals surface area contributed by atoms with Crippen molar-refractivity contribution in [1.82, 2.24) is 9.97 Å². The van der Waals surface area contributed by atoms with Crippen molar-refractivity contribution in [2.24, 2.45) is 0 Å². The predicted octanol–water partition coefficient (Wildman–Crippen LogP) is 5.32. The quantitative estimate of drug-likeness (QED) is 0.506. The number of benzene rings is 1. The Bertz CT molecular complexity index is 1050. The van der Waals surface area contributed by atoms with E-state index in [1.807, 2.05) is 48.9 Å². The van der Waals surface area contributed by atoms with Crippen molar-refractivity contribution >= 4 is 45.4 Å². The first-order valence-corrected chi connectivity index (χ1v) is 10.1. The van der Waals surface area contributed by atoms with Gasteiger partial charge >= 0.3 is 0 Å². The van der Waals surface area contributed by atoms with Gasteiger partial charge in [0.15, 0.2) is 11.5 Å². The normalized spacial score (nSPS) is 11.3. The van der Waals surface area contributed by atoms with E-state index in [1.165, 1.54) is 0 Å². The predicted molar refractivity (Wildman–Crippen MR) is 106 cm³/mol. The summed E-state index contributed by atoms with van der Waals surface area (Å²) in [5.41, 5.74) is 4.06. The maximum absolute atomic E-state index is 12.3. The molecule has 0 spiro atoms. The Kier molecular flexibility index (Phi) is 4.57. The number of thiophene rings is 1. The zero-order valence-electron chi connectivity index (χ0n) is 14.4. The highest BCUT2D eigenvalue weighted by atomic mass is 32.1. The van der Waals surface area contributed by atoms with Crippen molar-refractivity contribution in [3.8, 4) is 10.6 Å². The highest BCUT2D eigenvalue weighted by Crippen LogP contribution is 2.26. The van der Waals surface area contributed by atoms with Crippen LogP contribution in [0.4, 0.5) is 5.69 Å². The van der Waals surface area contributed by atoms with Crippen LogP contribution < -0.4 is 5.32 Å². The maximum atomic E-state index is 12.3. The number of nitrogens with zero attached hydrogens (tertiary/aromatic N) is 2. The molecule has 4 aromatic rings. The van der Waals surface area contributed by atoms with E-state index in [0.29, 0.717) is 11.6 Å². The molecule has 4 rings (SSSR count). The summed E-state index contributed by atoms with van der Waals surface area (Å²) >= 11 is 3.19. The van der Waals surface area contributed by atoms with E-state index in [1.54, 1.807) is 22.7 Å². The number of carbonyl (C=O) groups excluding carboxylic acids is 1. The molecule has 1 aromatic carbocycles. The number of oxazole rings is 1. The first-order valence-electron chi connectivity index (χ1n) is 8.26. The number of amides is 1.